The van der Waals surface area contributed by atoms with Crippen molar-refractivity contribution in [2.24, 2.45) is 0 Å². The fourth-order valence-corrected chi connectivity index (χ4v) is 0.387. The molecule has 0 saturated carbocycles. The summed E-state index contributed by atoms with van der Waals surface area (Å²) in [6.45, 7) is 0.0694. The zero-order valence-electron chi connectivity index (χ0n) is 6.55. The van der Waals surface area contributed by atoms with Crippen molar-refractivity contribution in [3.63, 3.8) is 0 Å². The second kappa shape index (κ2) is 10.4. The Morgan fingerprint density at radius 1 is 1.36 bits per heavy atom. The summed E-state index contributed by atoms with van der Waals surface area (Å²) in [5, 5.41) is 9.89. The predicted octanol–water partition coefficient (Wildman–Crippen LogP) is -2.86. The van der Waals surface area contributed by atoms with Gasteiger partial charge in [-0.15, -0.1) is 0 Å². The van der Waals surface area contributed by atoms with Gasteiger partial charge in [-0.05, 0) is 0 Å². The Kier molecular flexibility index (Phi) is 22.0. The van der Waals surface area contributed by atoms with E-state index in [2.05, 4.69) is 0 Å². The first-order chi connectivity index (χ1) is 3.42. The van der Waals surface area contributed by atoms with Crippen LogP contribution in [-0.4, -0.2) is 101 Å². The number of hydrogen-bond donors (Lipinski definition) is 0. The minimum atomic E-state index is -1.00. The van der Waals surface area contributed by atoms with Crippen LogP contribution < -0.4 is 5.11 Å². The number of quaternary nitrogens is 1. The van der Waals surface area contributed by atoms with E-state index in [1.165, 1.54) is 0 Å². The molecule has 0 aliphatic rings. The summed E-state index contributed by atoms with van der Waals surface area (Å²) in [7, 11) is 5.40. The molecule has 3 nitrogen and oxygen atoms in total. The van der Waals surface area contributed by atoms with Crippen LogP contribution in [-0.2, 0) is 31.0 Å². The van der Waals surface area contributed by atoms with Gasteiger partial charge in [-0.25, -0.2) is 0 Å². The summed E-state index contributed by atoms with van der Waals surface area (Å²) >= 11 is 0. The molecule has 59 valence electrons. The van der Waals surface area contributed by atoms with E-state index in [4.69, 9.17) is 0 Å². The Morgan fingerprint density at radius 2 is 1.64 bits per heavy atom. The Balaban J connectivity index is -0.0000000817. The summed E-state index contributed by atoms with van der Waals surface area (Å²) in [5.74, 6) is -1.00. The molecule has 0 bridgehead atoms. The molecular weight excluding hydrogens is 312 g/mol. The van der Waals surface area contributed by atoms with Gasteiger partial charge in [-0.1, -0.05) is 0 Å². The van der Waals surface area contributed by atoms with Gasteiger partial charge in [0, 0.05) is 43.6 Å². The third kappa shape index (κ3) is 24.5. The molecular formula is C5H13AlNO2SrZr. The SMILES string of the molecule is C[N+](C)(C)CC(=O)[O-].[Al].[SrH2].[Zr]. The van der Waals surface area contributed by atoms with Gasteiger partial charge in [0.15, 0.2) is 0 Å². The monoisotopic (exact) mass is 324 g/mol. The van der Waals surface area contributed by atoms with Crippen LogP contribution in [0.15, 0.2) is 0 Å². The molecule has 0 aliphatic carbocycles. The first-order valence-corrected chi connectivity index (χ1v) is 2.42. The number of aliphatic carboxylic acids is 1. The molecule has 3 radical (unpaired) electrons. The zero-order valence-corrected chi connectivity index (χ0v) is 10.2. The molecule has 0 aromatic rings. The summed E-state index contributed by atoms with van der Waals surface area (Å²) < 4.78 is 0.419. The van der Waals surface area contributed by atoms with Crippen molar-refractivity contribution in [2.75, 3.05) is 27.7 Å². The normalized spacial score (nSPS) is 8.27. The van der Waals surface area contributed by atoms with Crippen LogP contribution >= 0.6 is 0 Å². The number of carbonyl (C=O) groups excluding carboxylic acids is 1. The largest absolute Gasteiger partial charge is 0 e. The average molecular weight is 325 g/mol. The van der Waals surface area contributed by atoms with Crippen LogP contribution in [0, 0.1) is 0 Å². The maximum absolute atomic E-state index is 9.89. The summed E-state index contributed by atoms with van der Waals surface area (Å²) in [5.41, 5.74) is 0. The molecule has 0 saturated heterocycles. The van der Waals surface area contributed by atoms with Crippen LogP contribution in [0.1, 0.15) is 0 Å². The Bertz CT molecular complexity index is 107. The van der Waals surface area contributed by atoms with Crippen LogP contribution in [0.2, 0.25) is 0 Å². The van der Waals surface area contributed by atoms with Crippen LogP contribution in [0.4, 0.5) is 0 Å². The van der Waals surface area contributed by atoms with Gasteiger partial charge in [0.2, 0.25) is 0 Å². The maximum Gasteiger partial charge on any atom is 0 e. The average Bonchev–Trinajstić information content (AvgIpc) is 1.21. The molecule has 0 aliphatic heterocycles. The minimum absolute atomic E-state index is 0. The molecule has 0 heterocycles. The van der Waals surface area contributed by atoms with E-state index in [9.17, 15) is 9.90 Å². The molecule has 0 rings (SSSR count). The predicted molar refractivity (Wildman–Crippen MR) is 42.2 cm³/mol. The number of likely N-dealkylation sites (N-methyl/N-ethyl adjacent to an activating group) is 1. The summed E-state index contributed by atoms with van der Waals surface area (Å²) in [6, 6.07) is 0. The van der Waals surface area contributed by atoms with Crippen molar-refractivity contribution < 1.29 is 40.6 Å². The topological polar surface area (TPSA) is 40.1 Å². The van der Waals surface area contributed by atoms with Crippen LogP contribution in [0.25, 0.3) is 0 Å². The molecule has 0 atom stereocenters. The second-order valence-electron chi connectivity index (χ2n) is 2.82. The summed E-state index contributed by atoms with van der Waals surface area (Å²) in [6.07, 6.45) is 0. The minimum Gasteiger partial charge on any atom is 0 e. The van der Waals surface area contributed by atoms with Gasteiger partial charge < -0.3 is 14.4 Å². The number of rotatable bonds is 2. The smallest absolute Gasteiger partial charge is 0 e. The van der Waals surface area contributed by atoms with Crippen molar-refractivity contribution in [2.45, 2.75) is 0 Å². The number of carbonyl (C=O) groups is 1. The Labute approximate surface area is 135 Å². The van der Waals surface area contributed by atoms with Gasteiger partial charge in [0.05, 0.1) is 27.1 Å². The van der Waals surface area contributed by atoms with E-state index in [-0.39, 0.29) is 95.6 Å². The first-order valence-electron chi connectivity index (χ1n) is 2.42. The number of hydrogen-bond acceptors (Lipinski definition) is 2. The van der Waals surface area contributed by atoms with E-state index in [0.29, 0.717) is 4.48 Å². The first kappa shape index (κ1) is 23.3. The van der Waals surface area contributed by atoms with Crippen molar-refractivity contribution >= 4 is 68.8 Å². The van der Waals surface area contributed by atoms with Crippen molar-refractivity contribution in [3.05, 3.63) is 0 Å². The van der Waals surface area contributed by atoms with E-state index in [1.54, 1.807) is 21.1 Å². The number of carboxylic acids is 1. The summed E-state index contributed by atoms with van der Waals surface area (Å²) in [4.78, 5) is 9.89. The standard InChI is InChI=1S/C5H11NO2.Al.Sr.Zr.2H/c1-6(2,3)4-5(7)8;;;;;/h4H2,1-3H3;;;;;. The van der Waals surface area contributed by atoms with E-state index in [0.717, 1.165) is 0 Å². The van der Waals surface area contributed by atoms with Gasteiger partial charge >= 0.3 is 45.5 Å². The van der Waals surface area contributed by atoms with Crippen LogP contribution in [0.3, 0.4) is 0 Å². The van der Waals surface area contributed by atoms with E-state index < -0.39 is 5.97 Å². The maximum atomic E-state index is 9.89. The fraction of sp³-hybridized carbons (Fsp3) is 0.800. The molecule has 0 fully saturated rings. The van der Waals surface area contributed by atoms with Crippen molar-refractivity contribution in [1.82, 2.24) is 0 Å². The molecule has 0 spiro atoms. The number of carboxylic acid groups (broad SMARTS) is 1. The van der Waals surface area contributed by atoms with E-state index in [1.807, 2.05) is 0 Å². The van der Waals surface area contributed by atoms with Crippen LogP contribution in [0.5, 0.6) is 0 Å². The molecule has 0 unspecified atom stereocenters. The second-order valence-corrected chi connectivity index (χ2v) is 2.82. The van der Waals surface area contributed by atoms with Gasteiger partial charge in [-0.3, -0.25) is 0 Å². The molecule has 11 heavy (non-hydrogen) atoms. The Hall–Kier alpha value is 2.33. The van der Waals surface area contributed by atoms with Gasteiger partial charge in [-0.2, -0.15) is 0 Å². The molecule has 0 amide bonds. The van der Waals surface area contributed by atoms with Gasteiger partial charge in [0.25, 0.3) is 0 Å². The van der Waals surface area contributed by atoms with Crippen molar-refractivity contribution in [1.29, 1.82) is 0 Å². The molecule has 0 aromatic carbocycles. The fourth-order valence-electron chi connectivity index (χ4n) is 0.387. The Morgan fingerprint density at radius 3 is 1.64 bits per heavy atom. The molecule has 0 aromatic heterocycles. The van der Waals surface area contributed by atoms with E-state index >= 15 is 0 Å². The number of nitrogens with zero attached hydrogens (tertiary/aromatic N) is 1. The molecule has 6 heteroatoms. The molecule has 0 N–H and O–H groups in total. The zero-order chi connectivity index (χ0) is 6.78. The quantitative estimate of drug-likeness (QED) is 0.405. The third-order valence-electron chi connectivity index (χ3n) is 0.603. The van der Waals surface area contributed by atoms with Crippen molar-refractivity contribution in [3.8, 4) is 0 Å². The van der Waals surface area contributed by atoms with Gasteiger partial charge in [0.1, 0.15) is 6.54 Å². The third-order valence-corrected chi connectivity index (χ3v) is 0.603.